The molecule has 3 aromatic rings. The number of fused-ring (bicyclic) bond motifs is 1. The number of nitrogens with one attached hydrogen (secondary N) is 1. The van der Waals surface area contributed by atoms with Crippen molar-refractivity contribution >= 4 is 22.5 Å². The van der Waals surface area contributed by atoms with Crippen LogP contribution in [0.2, 0.25) is 0 Å². The van der Waals surface area contributed by atoms with Crippen LogP contribution >= 0.6 is 0 Å². The normalized spacial score (nSPS) is 10.8. The zero-order valence-electron chi connectivity index (χ0n) is 16.1. The summed E-state index contributed by atoms with van der Waals surface area (Å²) < 4.78 is 6.95. The van der Waals surface area contributed by atoms with Crippen LogP contribution in [0.25, 0.3) is 10.9 Å². The maximum absolute atomic E-state index is 12.6. The number of amides is 1. The van der Waals surface area contributed by atoms with Crippen molar-refractivity contribution in [2.45, 2.75) is 33.7 Å². The number of aryl methyl sites for hydroxylation is 4. The van der Waals surface area contributed by atoms with E-state index in [9.17, 15) is 9.59 Å². The Hall–Kier alpha value is -3.08. The molecule has 27 heavy (non-hydrogen) atoms. The second kappa shape index (κ2) is 7.66. The number of ether oxygens (including phenoxy) is 1. The maximum Gasteiger partial charge on any atom is 0.251 e. The number of anilines is 1. The lowest BCUT2D eigenvalue weighted by molar-refractivity contribution is -0.116. The Labute approximate surface area is 158 Å². The van der Waals surface area contributed by atoms with Crippen molar-refractivity contribution in [1.29, 1.82) is 0 Å². The first kappa shape index (κ1) is 18.7. The Morgan fingerprint density at radius 3 is 2.56 bits per heavy atom. The first-order valence-corrected chi connectivity index (χ1v) is 8.95. The van der Waals surface area contributed by atoms with Gasteiger partial charge >= 0.3 is 0 Å². The number of methoxy groups -OCH3 is 1. The number of hydrogen-bond acceptors (Lipinski definition) is 3. The van der Waals surface area contributed by atoms with Crippen LogP contribution < -0.4 is 15.6 Å². The molecule has 0 radical (unpaired) electrons. The van der Waals surface area contributed by atoms with Crippen LogP contribution in [-0.4, -0.2) is 17.6 Å². The van der Waals surface area contributed by atoms with E-state index in [4.69, 9.17) is 4.74 Å². The van der Waals surface area contributed by atoms with Gasteiger partial charge in [-0.1, -0.05) is 23.8 Å². The molecule has 3 rings (SSSR count). The molecular weight excluding hydrogens is 340 g/mol. The number of aromatic nitrogens is 1. The van der Waals surface area contributed by atoms with Crippen molar-refractivity contribution in [3.8, 4) is 5.75 Å². The summed E-state index contributed by atoms with van der Waals surface area (Å²) in [5.41, 5.74) is 4.58. The molecule has 0 bridgehead atoms. The molecule has 1 heterocycles. The van der Waals surface area contributed by atoms with Crippen LogP contribution in [0.4, 0.5) is 5.69 Å². The lowest BCUT2D eigenvalue weighted by Gasteiger charge is -2.15. The number of hydrogen-bond donors (Lipinski definition) is 1. The predicted molar refractivity (Wildman–Crippen MR) is 109 cm³/mol. The lowest BCUT2D eigenvalue weighted by atomic mass is 10.0. The first-order valence-electron chi connectivity index (χ1n) is 8.95. The quantitative estimate of drug-likeness (QED) is 0.745. The van der Waals surface area contributed by atoms with Gasteiger partial charge in [0.25, 0.3) is 5.56 Å². The summed E-state index contributed by atoms with van der Waals surface area (Å²) in [6.07, 6.45) is 0.198. The molecule has 0 spiro atoms. The van der Waals surface area contributed by atoms with Crippen LogP contribution in [0.3, 0.4) is 0 Å². The summed E-state index contributed by atoms with van der Waals surface area (Å²) in [6, 6.07) is 13.0. The largest absolute Gasteiger partial charge is 0.495 e. The van der Waals surface area contributed by atoms with Crippen LogP contribution in [0.1, 0.15) is 23.1 Å². The van der Waals surface area contributed by atoms with Crippen LogP contribution in [0.5, 0.6) is 5.75 Å². The molecule has 0 aliphatic carbocycles. The van der Waals surface area contributed by atoms with Gasteiger partial charge in [0.15, 0.2) is 0 Å². The number of para-hydroxylation sites is 2. The van der Waals surface area contributed by atoms with E-state index in [0.29, 0.717) is 18.0 Å². The van der Waals surface area contributed by atoms with E-state index in [1.54, 1.807) is 29.9 Å². The summed E-state index contributed by atoms with van der Waals surface area (Å²) in [5, 5.41) is 3.91. The molecule has 0 unspecified atom stereocenters. The van der Waals surface area contributed by atoms with Gasteiger partial charge in [-0.2, -0.15) is 0 Å². The zero-order valence-corrected chi connectivity index (χ0v) is 16.1. The second-order valence-electron chi connectivity index (χ2n) is 6.79. The van der Waals surface area contributed by atoms with E-state index in [-0.39, 0.29) is 17.9 Å². The highest BCUT2D eigenvalue weighted by Gasteiger charge is 2.12. The van der Waals surface area contributed by atoms with Crippen molar-refractivity contribution in [2.75, 3.05) is 12.4 Å². The fourth-order valence-electron chi connectivity index (χ4n) is 3.47. The third-order valence-corrected chi connectivity index (χ3v) is 4.69. The third kappa shape index (κ3) is 3.87. The molecule has 1 amide bonds. The highest BCUT2D eigenvalue weighted by molar-refractivity contribution is 5.92. The molecule has 0 saturated carbocycles. The van der Waals surface area contributed by atoms with Crippen molar-refractivity contribution < 1.29 is 9.53 Å². The number of benzene rings is 2. The topological polar surface area (TPSA) is 60.3 Å². The average molecular weight is 364 g/mol. The molecule has 0 aliphatic rings. The van der Waals surface area contributed by atoms with E-state index in [1.165, 1.54) is 0 Å². The smallest absolute Gasteiger partial charge is 0.251 e. The Kier molecular flexibility index (Phi) is 5.31. The van der Waals surface area contributed by atoms with Gasteiger partial charge in [0.1, 0.15) is 5.75 Å². The fraction of sp³-hybridized carbons (Fsp3) is 0.273. The van der Waals surface area contributed by atoms with E-state index in [2.05, 4.69) is 17.4 Å². The zero-order chi connectivity index (χ0) is 19.6. The Balaban J connectivity index is 1.87. The highest BCUT2D eigenvalue weighted by atomic mass is 16.5. The Morgan fingerprint density at radius 2 is 1.81 bits per heavy atom. The average Bonchev–Trinajstić information content (AvgIpc) is 2.62. The monoisotopic (exact) mass is 364 g/mol. The van der Waals surface area contributed by atoms with E-state index in [1.807, 2.05) is 32.9 Å². The van der Waals surface area contributed by atoms with Crippen molar-refractivity contribution in [2.24, 2.45) is 0 Å². The predicted octanol–water partition coefficient (Wildman–Crippen LogP) is 3.96. The van der Waals surface area contributed by atoms with Gasteiger partial charge in [-0.3, -0.25) is 9.59 Å². The van der Waals surface area contributed by atoms with Gasteiger partial charge in [-0.25, -0.2) is 0 Å². The Bertz CT molecular complexity index is 1070. The standard InChI is InChI=1S/C22H24N2O3/c1-14-11-16(3)22-17(12-14)15(2)13-21(26)24(22)10-9-20(25)23-18-7-5-6-8-19(18)27-4/h5-8,11-13H,9-10H2,1-4H3,(H,23,25). The van der Waals surface area contributed by atoms with Gasteiger partial charge in [-0.15, -0.1) is 0 Å². The van der Waals surface area contributed by atoms with Gasteiger partial charge in [-0.05, 0) is 50.1 Å². The molecule has 140 valence electrons. The summed E-state index contributed by atoms with van der Waals surface area (Å²) in [7, 11) is 1.56. The van der Waals surface area contributed by atoms with E-state index in [0.717, 1.165) is 27.6 Å². The summed E-state index contributed by atoms with van der Waals surface area (Å²) in [5.74, 6) is 0.444. The van der Waals surface area contributed by atoms with Crippen molar-refractivity contribution in [1.82, 2.24) is 4.57 Å². The third-order valence-electron chi connectivity index (χ3n) is 4.69. The minimum atomic E-state index is -0.162. The van der Waals surface area contributed by atoms with Gasteiger partial charge in [0.2, 0.25) is 5.91 Å². The lowest BCUT2D eigenvalue weighted by Crippen LogP contribution is -2.24. The molecule has 0 atom stereocenters. The number of pyridine rings is 1. The van der Waals surface area contributed by atoms with Crippen molar-refractivity contribution in [3.63, 3.8) is 0 Å². The SMILES string of the molecule is COc1ccccc1NC(=O)CCn1c(=O)cc(C)c2cc(C)cc(C)c21. The Morgan fingerprint density at radius 1 is 1.07 bits per heavy atom. The number of carbonyl (C=O) groups excluding carboxylic acids is 1. The molecule has 1 N–H and O–H groups in total. The summed E-state index contributed by atoms with van der Waals surface area (Å²) in [4.78, 5) is 25.0. The van der Waals surface area contributed by atoms with E-state index >= 15 is 0 Å². The number of rotatable bonds is 5. The molecular formula is C22H24N2O3. The van der Waals surface area contributed by atoms with Crippen molar-refractivity contribution in [3.05, 3.63) is 69.5 Å². The highest BCUT2D eigenvalue weighted by Crippen LogP contribution is 2.24. The molecule has 5 heteroatoms. The summed E-state index contributed by atoms with van der Waals surface area (Å²) >= 11 is 0. The number of carbonyl (C=O) groups is 1. The van der Waals surface area contributed by atoms with Gasteiger partial charge in [0.05, 0.1) is 18.3 Å². The molecule has 1 aromatic heterocycles. The molecule has 2 aromatic carbocycles. The van der Waals surface area contributed by atoms with Crippen LogP contribution in [-0.2, 0) is 11.3 Å². The maximum atomic E-state index is 12.6. The minimum absolute atomic E-state index is 0.0861. The molecule has 0 aliphatic heterocycles. The first-order chi connectivity index (χ1) is 12.9. The minimum Gasteiger partial charge on any atom is -0.495 e. The molecule has 0 saturated heterocycles. The summed E-state index contributed by atoms with van der Waals surface area (Å²) in [6.45, 7) is 6.31. The van der Waals surface area contributed by atoms with Gasteiger partial charge in [0, 0.05) is 24.4 Å². The molecule has 0 fully saturated rings. The second-order valence-corrected chi connectivity index (χ2v) is 6.79. The van der Waals surface area contributed by atoms with Crippen LogP contribution in [0, 0.1) is 20.8 Å². The van der Waals surface area contributed by atoms with Gasteiger partial charge < -0.3 is 14.6 Å². The fourth-order valence-corrected chi connectivity index (χ4v) is 3.47. The van der Waals surface area contributed by atoms with Crippen LogP contribution in [0.15, 0.2) is 47.3 Å². The molecule has 5 nitrogen and oxygen atoms in total. The number of nitrogens with zero attached hydrogens (tertiary/aromatic N) is 1. The van der Waals surface area contributed by atoms with E-state index < -0.39 is 0 Å².